The monoisotopic (exact) mass is 476 g/mol. The third-order valence-corrected chi connectivity index (χ3v) is 7.03. The van der Waals surface area contributed by atoms with Gasteiger partial charge in [-0.1, -0.05) is 0 Å². The second kappa shape index (κ2) is 11.1. The molecule has 178 valence electrons. The second-order valence-corrected chi connectivity index (χ2v) is 9.26. The Labute approximate surface area is 197 Å². The average molecular weight is 477 g/mol. The summed E-state index contributed by atoms with van der Waals surface area (Å²) in [7, 11) is 1.47. The Bertz CT molecular complexity index is 945. The van der Waals surface area contributed by atoms with E-state index < -0.39 is 0 Å². The second-order valence-electron chi connectivity index (χ2n) is 8.26. The molecule has 0 saturated carbocycles. The van der Waals surface area contributed by atoms with Gasteiger partial charge in [-0.2, -0.15) is 0 Å². The topological polar surface area (TPSA) is 68.3 Å². The van der Waals surface area contributed by atoms with Gasteiger partial charge in [0.1, 0.15) is 24.8 Å². The van der Waals surface area contributed by atoms with Gasteiger partial charge in [-0.3, -0.25) is 9.59 Å². The molecule has 7 nitrogen and oxygen atoms in total. The number of hydrogen-bond acceptors (Lipinski definition) is 6. The van der Waals surface area contributed by atoms with E-state index in [1.165, 1.54) is 24.1 Å². The molecule has 2 aliphatic rings. The van der Waals surface area contributed by atoms with Crippen LogP contribution in [-0.4, -0.2) is 74.3 Å². The van der Waals surface area contributed by atoms with Crippen molar-refractivity contribution in [1.82, 2.24) is 9.80 Å². The molecule has 2 amide bonds. The molecule has 0 bridgehead atoms. The average Bonchev–Trinajstić information content (AvgIpc) is 3.50. The summed E-state index contributed by atoms with van der Waals surface area (Å²) >= 11 is 1.67. The fourth-order valence-electron chi connectivity index (χ4n) is 4.34. The highest BCUT2D eigenvalue weighted by molar-refractivity contribution is 7.10. The molecule has 0 unspecified atom stereocenters. The molecule has 2 atom stereocenters. The van der Waals surface area contributed by atoms with Crippen molar-refractivity contribution in [2.75, 3.05) is 46.6 Å². The summed E-state index contributed by atoms with van der Waals surface area (Å²) in [6.45, 7) is 1.75. The summed E-state index contributed by atoms with van der Waals surface area (Å²) in [6.07, 6.45) is 2.55. The number of rotatable bonds is 9. The largest absolute Gasteiger partial charge is 0.491 e. The zero-order chi connectivity index (χ0) is 23.2. The van der Waals surface area contributed by atoms with E-state index in [2.05, 4.69) is 0 Å². The molecular weight excluding hydrogens is 447 g/mol. The molecule has 1 aromatic carbocycles. The maximum absolute atomic E-state index is 13.4. The third-order valence-electron chi connectivity index (χ3n) is 6.03. The molecule has 2 aromatic rings. The standard InChI is InChI=1S/C24H29FN2O5S/c1-30-16-24(29)26(13-19-3-2-11-31-19)14-23(28)27-10-8-22-20(9-12-33-22)21(27)15-32-18-6-4-17(25)5-7-18/h4-7,9,12,19,21H,2-3,8,10-11,13-16H2,1H3/t19-,21+/m1/s1. The number of methoxy groups -OCH3 is 1. The van der Waals surface area contributed by atoms with Crippen molar-refractivity contribution in [1.29, 1.82) is 0 Å². The SMILES string of the molecule is COCC(=O)N(CC(=O)N1CCc2sccc2[C@@H]1COc1ccc(F)cc1)C[C@H]1CCCO1. The first-order chi connectivity index (χ1) is 16.0. The Hall–Kier alpha value is -2.49. The van der Waals surface area contributed by atoms with E-state index in [0.29, 0.717) is 25.4 Å². The highest BCUT2D eigenvalue weighted by Gasteiger charge is 2.34. The van der Waals surface area contributed by atoms with Gasteiger partial charge in [-0.25, -0.2) is 4.39 Å². The molecule has 1 aromatic heterocycles. The van der Waals surface area contributed by atoms with Crippen LogP contribution in [0.25, 0.3) is 0 Å². The fraction of sp³-hybridized carbons (Fsp3) is 0.500. The van der Waals surface area contributed by atoms with Gasteiger partial charge < -0.3 is 24.0 Å². The molecule has 0 radical (unpaired) electrons. The number of carbonyl (C=O) groups is 2. The molecule has 1 saturated heterocycles. The van der Waals surface area contributed by atoms with E-state index in [4.69, 9.17) is 14.2 Å². The predicted molar refractivity (Wildman–Crippen MR) is 122 cm³/mol. The number of thiophene rings is 1. The van der Waals surface area contributed by atoms with Crippen LogP contribution >= 0.6 is 11.3 Å². The van der Waals surface area contributed by atoms with Gasteiger partial charge in [0.25, 0.3) is 0 Å². The number of fused-ring (bicyclic) bond motifs is 1. The van der Waals surface area contributed by atoms with Gasteiger partial charge in [0.2, 0.25) is 11.8 Å². The quantitative estimate of drug-likeness (QED) is 0.557. The van der Waals surface area contributed by atoms with Crippen molar-refractivity contribution in [2.45, 2.75) is 31.4 Å². The summed E-state index contributed by atoms with van der Waals surface area (Å²) in [5.74, 6) is -0.152. The number of ether oxygens (including phenoxy) is 3. The van der Waals surface area contributed by atoms with E-state index in [1.807, 2.05) is 11.4 Å². The molecule has 1 fully saturated rings. The van der Waals surface area contributed by atoms with E-state index in [1.54, 1.807) is 33.3 Å². The molecule has 0 aliphatic carbocycles. The van der Waals surface area contributed by atoms with Crippen molar-refractivity contribution in [3.63, 3.8) is 0 Å². The minimum absolute atomic E-state index is 0.0332. The highest BCUT2D eigenvalue weighted by Crippen LogP contribution is 2.34. The first-order valence-electron chi connectivity index (χ1n) is 11.2. The van der Waals surface area contributed by atoms with Gasteiger partial charge in [-0.05, 0) is 60.5 Å². The zero-order valence-electron chi connectivity index (χ0n) is 18.7. The Morgan fingerprint density at radius 1 is 1.27 bits per heavy atom. The molecule has 9 heteroatoms. The first-order valence-corrected chi connectivity index (χ1v) is 12.1. The van der Waals surface area contributed by atoms with E-state index >= 15 is 0 Å². The molecule has 2 aliphatic heterocycles. The summed E-state index contributed by atoms with van der Waals surface area (Å²) in [6, 6.07) is 7.59. The van der Waals surface area contributed by atoms with Crippen LogP contribution in [0.15, 0.2) is 35.7 Å². The van der Waals surface area contributed by atoms with Crippen LogP contribution in [0.5, 0.6) is 5.75 Å². The smallest absolute Gasteiger partial charge is 0.249 e. The van der Waals surface area contributed by atoms with Gasteiger partial charge >= 0.3 is 0 Å². The molecule has 4 rings (SSSR count). The molecular formula is C24H29FN2O5S. The fourth-order valence-corrected chi connectivity index (χ4v) is 5.27. The lowest BCUT2D eigenvalue weighted by atomic mass is 10.0. The summed E-state index contributed by atoms with van der Waals surface area (Å²) < 4.78 is 29.9. The molecule has 0 spiro atoms. The maximum Gasteiger partial charge on any atom is 0.249 e. The van der Waals surface area contributed by atoms with Crippen LogP contribution in [0.3, 0.4) is 0 Å². The van der Waals surface area contributed by atoms with E-state index in [-0.39, 0.29) is 49.5 Å². The summed E-state index contributed by atoms with van der Waals surface area (Å²) in [5, 5.41) is 2.02. The lowest BCUT2D eigenvalue weighted by molar-refractivity contribution is -0.145. The molecule has 3 heterocycles. The zero-order valence-corrected chi connectivity index (χ0v) is 19.5. The van der Waals surface area contributed by atoms with Crippen LogP contribution in [0.4, 0.5) is 4.39 Å². The maximum atomic E-state index is 13.4. The van der Waals surface area contributed by atoms with Crippen LogP contribution in [0.2, 0.25) is 0 Å². The van der Waals surface area contributed by atoms with Crippen LogP contribution < -0.4 is 4.74 Å². The van der Waals surface area contributed by atoms with Crippen molar-refractivity contribution < 1.29 is 28.2 Å². The lowest BCUT2D eigenvalue weighted by Gasteiger charge is -2.37. The van der Waals surface area contributed by atoms with Gasteiger partial charge in [0.05, 0.1) is 18.7 Å². The van der Waals surface area contributed by atoms with Crippen LogP contribution in [0.1, 0.15) is 29.3 Å². The van der Waals surface area contributed by atoms with Gasteiger partial charge in [0.15, 0.2) is 0 Å². The van der Waals surface area contributed by atoms with Crippen molar-refractivity contribution in [3.8, 4) is 5.75 Å². The highest BCUT2D eigenvalue weighted by atomic mass is 32.1. The Kier molecular flexibility index (Phi) is 7.95. The Morgan fingerprint density at radius 3 is 2.82 bits per heavy atom. The number of carbonyl (C=O) groups excluding carboxylic acids is 2. The normalized spacial score (nSPS) is 19.9. The number of amides is 2. The van der Waals surface area contributed by atoms with Gasteiger partial charge in [0, 0.05) is 31.7 Å². The number of hydrogen-bond donors (Lipinski definition) is 0. The van der Waals surface area contributed by atoms with Crippen LogP contribution in [0, 0.1) is 5.82 Å². The minimum atomic E-state index is -0.330. The molecule has 0 N–H and O–H groups in total. The summed E-state index contributed by atoms with van der Waals surface area (Å²) in [4.78, 5) is 30.7. The minimum Gasteiger partial charge on any atom is -0.491 e. The number of benzene rings is 1. The predicted octanol–water partition coefficient (Wildman–Crippen LogP) is 3.05. The Balaban J connectivity index is 1.48. The number of nitrogens with zero attached hydrogens (tertiary/aromatic N) is 2. The summed E-state index contributed by atoms with van der Waals surface area (Å²) in [5.41, 5.74) is 1.07. The lowest BCUT2D eigenvalue weighted by Crippen LogP contribution is -2.49. The first kappa shape index (κ1) is 23.7. The van der Waals surface area contributed by atoms with Crippen molar-refractivity contribution in [3.05, 3.63) is 52.0 Å². The number of halogens is 1. The molecule has 33 heavy (non-hydrogen) atoms. The van der Waals surface area contributed by atoms with Crippen molar-refractivity contribution in [2.24, 2.45) is 0 Å². The van der Waals surface area contributed by atoms with E-state index in [0.717, 1.165) is 24.8 Å². The van der Waals surface area contributed by atoms with E-state index in [9.17, 15) is 14.0 Å². The van der Waals surface area contributed by atoms with Crippen molar-refractivity contribution >= 4 is 23.2 Å². The van der Waals surface area contributed by atoms with Crippen LogP contribution in [-0.2, 0) is 25.5 Å². The van der Waals surface area contributed by atoms with Gasteiger partial charge in [-0.15, -0.1) is 11.3 Å². The third kappa shape index (κ3) is 5.90. The Morgan fingerprint density at radius 2 is 2.09 bits per heavy atom.